The molecule has 1 aliphatic rings. The number of hydrogen-bond donors (Lipinski definition) is 1. The lowest BCUT2D eigenvalue weighted by molar-refractivity contribution is 0.484. The number of rotatable bonds is 3. The maximum Gasteiger partial charge on any atom is -0.00198 e. The first kappa shape index (κ1) is 9.72. The Hall–Kier alpha value is -0.820. The Morgan fingerprint density at radius 3 is 2.79 bits per heavy atom. The van der Waals surface area contributed by atoms with E-state index in [1.165, 1.54) is 31.5 Å². The fraction of sp³-hybridized carbons (Fsp3) is 0.538. The highest BCUT2D eigenvalue weighted by atomic mass is 14.9. The highest BCUT2D eigenvalue weighted by Crippen LogP contribution is 2.25. The van der Waals surface area contributed by atoms with Gasteiger partial charge in [0.15, 0.2) is 0 Å². The summed E-state index contributed by atoms with van der Waals surface area (Å²) in [6.07, 6.45) is 2.69. The van der Waals surface area contributed by atoms with Gasteiger partial charge < -0.3 is 5.32 Å². The second-order valence-corrected chi connectivity index (χ2v) is 4.41. The molecule has 1 saturated heterocycles. The first-order chi connectivity index (χ1) is 6.86. The molecule has 0 radical (unpaired) electrons. The quantitative estimate of drug-likeness (QED) is 0.771. The lowest BCUT2D eigenvalue weighted by atomic mass is 9.90. The van der Waals surface area contributed by atoms with Crippen LogP contribution in [0.15, 0.2) is 30.3 Å². The Bertz CT molecular complexity index is 262. The minimum atomic E-state index is 0.709. The molecule has 1 aromatic carbocycles. The minimum Gasteiger partial charge on any atom is -0.316 e. The van der Waals surface area contributed by atoms with Crippen molar-refractivity contribution < 1.29 is 0 Å². The van der Waals surface area contributed by atoms with Gasteiger partial charge in [-0.3, -0.25) is 0 Å². The Kier molecular flexibility index (Phi) is 3.20. The summed E-state index contributed by atoms with van der Waals surface area (Å²) >= 11 is 0. The molecule has 0 aromatic heterocycles. The zero-order valence-electron chi connectivity index (χ0n) is 8.87. The van der Waals surface area contributed by atoms with Crippen LogP contribution in [-0.4, -0.2) is 13.1 Å². The summed E-state index contributed by atoms with van der Waals surface area (Å²) in [7, 11) is 0. The van der Waals surface area contributed by atoms with Gasteiger partial charge in [-0.2, -0.15) is 0 Å². The SMILES string of the molecule is C[C@@H](C[C@H]1CCNC1)c1ccccc1. The van der Waals surface area contributed by atoms with E-state index in [0.717, 1.165) is 5.92 Å². The summed E-state index contributed by atoms with van der Waals surface area (Å²) < 4.78 is 0. The summed E-state index contributed by atoms with van der Waals surface area (Å²) in [4.78, 5) is 0. The average Bonchev–Trinajstić information content (AvgIpc) is 2.72. The van der Waals surface area contributed by atoms with Crippen LogP contribution >= 0.6 is 0 Å². The molecular weight excluding hydrogens is 170 g/mol. The van der Waals surface area contributed by atoms with Crippen molar-refractivity contribution in [3.63, 3.8) is 0 Å². The van der Waals surface area contributed by atoms with E-state index in [4.69, 9.17) is 0 Å². The minimum absolute atomic E-state index is 0.709. The molecule has 1 aliphatic heterocycles. The van der Waals surface area contributed by atoms with Gasteiger partial charge in [0.1, 0.15) is 0 Å². The monoisotopic (exact) mass is 189 g/mol. The highest BCUT2D eigenvalue weighted by molar-refractivity contribution is 5.18. The van der Waals surface area contributed by atoms with Gasteiger partial charge in [-0.25, -0.2) is 0 Å². The molecule has 0 bridgehead atoms. The van der Waals surface area contributed by atoms with Crippen molar-refractivity contribution in [3.8, 4) is 0 Å². The number of nitrogens with one attached hydrogen (secondary N) is 1. The van der Waals surface area contributed by atoms with Crippen molar-refractivity contribution in [2.75, 3.05) is 13.1 Å². The Morgan fingerprint density at radius 2 is 2.14 bits per heavy atom. The molecule has 0 spiro atoms. The summed E-state index contributed by atoms with van der Waals surface area (Å²) in [5, 5.41) is 3.43. The van der Waals surface area contributed by atoms with Crippen LogP contribution in [0.3, 0.4) is 0 Å². The van der Waals surface area contributed by atoms with Crippen molar-refractivity contribution in [1.82, 2.24) is 5.32 Å². The molecule has 1 heteroatoms. The lowest BCUT2D eigenvalue weighted by Gasteiger charge is -2.15. The lowest BCUT2D eigenvalue weighted by Crippen LogP contribution is -2.10. The molecule has 1 aromatic rings. The smallest absolute Gasteiger partial charge is 0.00198 e. The molecule has 14 heavy (non-hydrogen) atoms. The van der Waals surface area contributed by atoms with Crippen LogP contribution in [0.2, 0.25) is 0 Å². The first-order valence-corrected chi connectivity index (χ1v) is 5.62. The molecule has 1 heterocycles. The molecule has 2 rings (SSSR count). The largest absolute Gasteiger partial charge is 0.316 e. The van der Waals surface area contributed by atoms with Crippen molar-refractivity contribution >= 4 is 0 Å². The van der Waals surface area contributed by atoms with Crippen LogP contribution in [0.25, 0.3) is 0 Å². The van der Waals surface area contributed by atoms with Crippen LogP contribution in [0.1, 0.15) is 31.2 Å². The number of benzene rings is 1. The third kappa shape index (κ3) is 2.36. The normalized spacial score (nSPS) is 23.6. The third-order valence-corrected chi connectivity index (χ3v) is 3.22. The predicted octanol–water partition coefficient (Wildman–Crippen LogP) is 2.79. The average molecular weight is 189 g/mol. The molecule has 0 saturated carbocycles. The second-order valence-electron chi connectivity index (χ2n) is 4.41. The third-order valence-electron chi connectivity index (χ3n) is 3.22. The van der Waals surface area contributed by atoms with E-state index in [1.54, 1.807) is 0 Å². The molecule has 2 atom stereocenters. The van der Waals surface area contributed by atoms with Crippen LogP contribution in [-0.2, 0) is 0 Å². The van der Waals surface area contributed by atoms with Crippen LogP contribution in [0.4, 0.5) is 0 Å². The maximum atomic E-state index is 3.43. The predicted molar refractivity (Wildman–Crippen MR) is 60.5 cm³/mol. The summed E-state index contributed by atoms with van der Waals surface area (Å²) in [6.45, 7) is 4.77. The van der Waals surface area contributed by atoms with E-state index >= 15 is 0 Å². The van der Waals surface area contributed by atoms with Gasteiger partial charge in [0, 0.05) is 0 Å². The summed E-state index contributed by atoms with van der Waals surface area (Å²) in [6, 6.07) is 10.9. The van der Waals surface area contributed by atoms with Crippen molar-refractivity contribution in [2.24, 2.45) is 5.92 Å². The summed E-state index contributed by atoms with van der Waals surface area (Å²) in [5.41, 5.74) is 1.49. The van der Waals surface area contributed by atoms with Crippen molar-refractivity contribution in [2.45, 2.75) is 25.7 Å². The Labute approximate surface area is 86.5 Å². The molecular formula is C13H19N. The molecule has 1 fully saturated rings. The van der Waals surface area contributed by atoms with Gasteiger partial charge in [0.2, 0.25) is 0 Å². The molecule has 0 aliphatic carbocycles. The van der Waals surface area contributed by atoms with E-state index in [2.05, 4.69) is 42.6 Å². The highest BCUT2D eigenvalue weighted by Gasteiger charge is 2.17. The molecule has 1 nitrogen and oxygen atoms in total. The van der Waals surface area contributed by atoms with E-state index < -0.39 is 0 Å². The molecule has 76 valence electrons. The first-order valence-electron chi connectivity index (χ1n) is 5.62. The fourth-order valence-electron chi connectivity index (χ4n) is 2.33. The van der Waals surface area contributed by atoms with Gasteiger partial charge in [-0.05, 0) is 43.3 Å². The van der Waals surface area contributed by atoms with Gasteiger partial charge >= 0.3 is 0 Å². The van der Waals surface area contributed by atoms with Gasteiger partial charge in [0.25, 0.3) is 0 Å². The zero-order valence-corrected chi connectivity index (χ0v) is 8.87. The second kappa shape index (κ2) is 4.61. The van der Waals surface area contributed by atoms with Crippen molar-refractivity contribution in [3.05, 3.63) is 35.9 Å². The zero-order chi connectivity index (χ0) is 9.80. The van der Waals surface area contributed by atoms with Gasteiger partial charge in [0.05, 0.1) is 0 Å². The Balaban J connectivity index is 1.92. The maximum absolute atomic E-state index is 3.43. The topological polar surface area (TPSA) is 12.0 Å². The molecule has 0 unspecified atom stereocenters. The Morgan fingerprint density at radius 1 is 1.36 bits per heavy atom. The van der Waals surface area contributed by atoms with E-state index in [-0.39, 0.29) is 0 Å². The van der Waals surface area contributed by atoms with Gasteiger partial charge in [-0.15, -0.1) is 0 Å². The van der Waals surface area contributed by atoms with E-state index in [1.807, 2.05) is 0 Å². The van der Waals surface area contributed by atoms with Crippen LogP contribution < -0.4 is 5.32 Å². The van der Waals surface area contributed by atoms with Crippen LogP contribution in [0, 0.1) is 5.92 Å². The van der Waals surface area contributed by atoms with E-state index in [0.29, 0.717) is 5.92 Å². The molecule has 1 N–H and O–H groups in total. The fourth-order valence-corrected chi connectivity index (χ4v) is 2.33. The van der Waals surface area contributed by atoms with Crippen LogP contribution in [0.5, 0.6) is 0 Å². The van der Waals surface area contributed by atoms with Gasteiger partial charge in [-0.1, -0.05) is 37.3 Å². The van der Waals surface area contributed by atoms with Crippen molar-refractivity contribution in [1.29, 1.82) is 0 Å². The standard InChI is InChI=1S/C13H19N/c1-11(9-12-7-8-14-10-12)13-5-3-2-4-6-13/h2-6,11-12,14H,7-10H2,1H3/t11-,12+/m0/s1. The number of hydrogen-bond acceptors (Lipinski definition) is 1. The van der Waals surface area contributed by atoms with E-state index in [9.17, 15) is 0 Å². The summed E-state index contributed by atoms with van der Waals surface area (Å²) in [5.74, 6) is 1.60. The molecule has 0 amide bonds.